The number of para-hydroxylation sites is 1. The lowest BCUT2D eigenvalue weighted by molar-refractivity contribution is -0.117. The summed E-state index contributed by atoms with van der Waals surface area (Å²) in [5.41, 5.74) is 3.56. The predicted octanol–water partition coefficient (Wildman–Crippen LogP) is 1.92. The van der Waals surface area contributed by atoms with Crippen LogP contribution in [0.1, 0.15) is 11.1 Å². The Morgan fingerprint density at radius 1 is 1.08 bits per heavy atom. The first-order valence-corrected chi connectivity index (χ1v) is 8.47. The van der Waals surface area contributed by atoms with Gasteiger partial charge in [-0.3, -0.25) is 14.6 Å². The number of rotatable bonds is 3. The van der Waals surface area contributed by atoms with Crippen molar-refractivity contribution < 1.29 is 4.79 Å². The maximum Gasteiger partial charge on any atom is 0.232 e. The van der Waals surface area contributed by atoms with Gasteiger partial charge >= 0.3 is 0 Å². The van der Waals surface area contributed by atoms with Gasteiger partial charge in [0.1, 0.15) is 5.82 Å². The standard InChI is InChI=1S/C19H22N4O/c1-21-18(24)12-16-11-15(13-20-19(16)21)14-22-7-9-23(10-8-22)17-5-3-2-4-6-17/h2-6,11,13H,7-10,12,14H2,1H3. The summed E-state index contributed by atoms with van der Waals surface area (Å²) in [7, 11) is 1.80. The van der Waals surface area contributed by atoms with Crippen LogP contribution < -0.4 is 9.80 Å². The zero-order valence-corrected chi connectivity index (χ0v) is 14.0. The minimum atomic E-state index is 0.131. The Bertz CT molecular complexity index is 738. The molecule has 4 rings (SSSR count). The summed E-state index contributed by atoms with van der Waals surface area (Å²) in [6.07, 6.45) is 2.39. The van der Waals surface area contributed by atoms with Gasteiger partial charge in [-0.2, -0.15) is 0 Å². The van der Waals surface area contributed by atoms with Gasteiger partial charge in [0, 0.05) is 57.2 Å². The van der Waals surface area contributed by atoms with Gasteiger partial charge in [-0.25, -0.2) is 4.98 Å². The minimum absolute atomic E-state index is 0.131. The lowest BCUT2D eigenvalue weighted by atomic mass is 10.1. The van der Waals surface area contributed by atoms with Crippen LogP contribution in [0.15, 0.2) is 42.6 Å². The molecule has 2 aliphatic rings. The summed E-state index contributed by atoms with van der Waals surface area (Å²) >= 11 is 0. The highest BCUT2D eigenvalue weighted by molar-refractivity contribution is 5.99. The molecule has 0 radical (unpaired) electrons. The van der Waals surface area contributed by atoms with Crippen LogP contribution in [-0.4, -0.2) is 49.0 Å². The Kier molecular flexibility index (Phi) is 3.94. The van der Waals surface area contributed by atoms with Crippen LogP contribution >= 0.6 is 0 Å². The van der Waals surface area contributed by atoms with Crippen LogP contribution in [-0.2, 0) is 17.8 Å². The highest BCUT2D eigenvalue weighted by Gasteiger charge is 2.26. The highest BCUT2D eigenvalue weighted by Crippen LogP contribution is 2.26. The number of likely N-dealkylation sites (N-methyl/N-ethyl adjacent to an activating group) is 1. The van der Waals surface area contributed by atoms with Gasteiger partial charge < -0.3 is 4.90 Å². The molecule has 5 nitrogen and oxygen atoms in total. The Hall–Kier alpha value is -2.40. The van der Waals surface area contributed by atoms with Crippen LogP contribution in [0.5, 0.6) is 0 Å². The van der Waals surface area contributed by atoms with Gasteiger partial charge in [0.05, 0.1) is 6.42 Å². The molecule has 0 N–H and O–H groups in total. The zero-order valence-electron chi connectivity index (χ0n) is 14.0. The van der Waals surface area contributed by atoms with Gasteiger partial charge in [0.2, 0.25) is 5.91 Å². The molecule has 1 aromatic heterocycles. The molecular weight excluding hydrogens is 300 g/mol. The number of carbonyl (C=O) groups excluding carboxylic acids is 1. The molecule has 3 heterocycles. The van der Waals surface area contributed by atoms with E-state index in [2.05, 4.69) is 51.2 Å². The van der Waals surface area contributed by atoms with Gasteiger partial charge in [-0.1, -0.05) is 18.2 Å². The van der Waals surface area contributed by atoms with Crippen molar-refractivity contribution in [2.75, 3.05) is 43.0 Å². The molecule has 0 atom stereocenters. The molecule has 5 heteroatoms. The summed E-state index contributed by atoms with van der Waals surface area (Å²) in [4.78, 5) is 22.8. The number of piperazine rings is 1. The second kappa shape index (κ2) is 6.24. The average Bonchev–Trinajstić information content (AvgIpc) is 2.90. The molecule has 2 aliphatic heterocycles. The number of hydrogen-bond acceptors (Lipinski definition) is 4. The summed E-state index contributed by atoms with van der Waals surface area (Å²) in [5, 5.41) is 0. The second-order valence-electron chi connectivity index (χ2n) is 6.55. The summed E-state index contributed by atoms with van der Waals surface area (Å²) < 4.78 is 0. The third-order valence-electron chi connectivity index (χ3n) is 4.93. The van der Waals surface area contributed by atoms with Gasteiger partial charge in [-0.15, -0.1) is 0 Å². The smallest absolute Gasteiger partial charge is 0.232 e. The molecule has 0 aliphatic carbocycles. The molecule has 1 amide bonds. The predicted molar refractivity (Wildman–Crippen MR) is 95.3 cm³/mol. The van der Waals surface area contributed by atoms with Crippen LogP contribution in [0.2, 0.25) is 0 Å². The fraction of sp³-hybridized carbons (Fsp3) is 0.368. The lowest BCUT2D eigenvalue weighted by Gasteiger charge is -2.36. The molecule has 2 aromatic rings. The van der Waals surface area contributed by atoms with Crippen molar-refractivity contribution in [3.63, 3.8) is 0 Å². The Labute approximate surface area is 142 Å². The molecule has 24 heavy (non-hydrogen) atoms. The molecule has 124 valence electrons. The molecular formula is C19H22N4O. The third kappa shape index (κ3) is 2.87. The van der Waals surface area contributed by atoms with E-state index in [9.17, 15) is 4.79 Å². The monoisotopic (exact) mass is 322 g/mol. The molecule has 1 aromatic carbocycles. The zero-order chi connectivity index (χ0) is 16.5. The summed E-state index contributed by atoms with van der Waals surface area (Å²) in [6, 6.07) is 12.7. The fourth-order valence-electron chi connectivity index (χ4n) is 3.53. The number of aromatic nitrogens is 1. The van der Waals surface area contributed by atoms with E-state index < -0.39 is 0 Å². The van der Waals surface area contributed by atoms with Crippen molar-refractivity contribution >= 4 is 17.4 Å². The third-order valence-corrected chi connectivity index (χ3v) is 4.93. The molecule has 0 saturated carbocycles. The van der Waals surface area contributed by atoms with Crippen molar-refractivity contribution in [2.45, 2.75) is 13.0 Å². The summed E-state index contributed by atoms with van der Waals surface area (Å²) in [5.74, 6) is 0.948. The quantitative estimate of drug-likeness (QED) is 0.866. The average molecular weight is 322 g/mol. The van der Waals surface area contributed by atoms with Crippen LogP contribution in [0.25, 0.3) is 0 Å². The van der Waals surface area contributed by atoms with Gasteiger partial charge in [-0.05, 0) is 23.8 Å². The number of nitrogens with zero attached hydrogens (tertiary/aromatic N) is 4. The van der Waals surface area contributed by atoms with E-state index in [4.69, 9.17) is 0 Å². The number of anilines is 2. The Morgan fingerprint density at radius 2 is 1.83 bits per heavy atom. The van der Waals surface area contributed by atoms with Gasteiger partial charge in [0.15, 0.2) is 0 Å². The molecule has 0 spiro atoms. The maximum atomic E-state index is 11.8. The van der Waals surface area contributed by atoms with Crippen molar-refractivity contribution in [1.29, 1.82) is 0 Å². The van der Waals surface area contributed by atoms with E-state index >= 15 is 0 Å². The fourth-order valence-corrected chi connectivity index (χ4v) is 3.53. The second-order valence-corrected chi connectivity index (χ2v) is 6.55. The first-order valence-electron chi connectivity index (χ1n) is 8.47. The Balaban J connectivity index is 1.38. The highest BCUT2D eigenvalue weighted by atomic mass is 16.2. The maximum absolute atomic E-state index is 11.8. The molecule has 0 bridgehead atoms. The van der Waals surface area contributed by atoms with Crippen molar-refractivity contribution in [1.82, 2.24) is 9.88 Å². The normalized spacial score (nSPS) is 18.1. The Morgan fingerprint density at radius 3 is 2.58 bits per heavy atom. The van der Waals surface area contributed by atoms with E-state index in [0.717, 1.165) is 44.1 Å². The van der Waals surface area contributed by atoms with Gasteiger partial charge in [0.25, 0.3) is 0 Å². The van der Waals surface area contributed by atoms with Crippen LogP contribution in [0.4, 0.5) is 11.5 Å². The topological polar surface area (TPSA) is 39.7 Å². The molecule has 1 fully saturated rings. The summed E-state index contributed by atoms with van der Waals surface area (Å²) in [6.45, 7) is 5.09. The minimum Gasteiger partial charge on any atom is -0.369 e. The number of hydrogen-bond donors (Lipinski definition) is 0. The number of carbonyl (C=O) groups is 1. The number of benzene rings is 1. The van der Waals surface area contributed by atoms with E-state index in [1.807, 2.05) is 6.20 Å². The first-order chi connectivity index (χ1) is 11.7. The SMILES string of the molecule is CN1C(=O)Cc2cc(CN3CCN(c4ccccc4)CC3)cnc21. The largest absolute Gasteiger partial charge is 0.369 e. The van der Waals surface area contributed by atoms with Crippen molar-refractivity contribution in [2.24, 2.45) is 0 Å². The van der Waals surface area contributed by atoms with Crippen molar-refractivity contribution in [3.8, 4) is 0 Å². The lowest BCUT2D eigenvalue weighted by Crippen LogP contribution is -2.45. The van der Waals surface area contributed by atoms with Crippen LogP contribution in [0.3, 0.4) is 0 Å². The number of pyridine rings is 1. The molecule has 0 unspecified atom stereocenters. The van der Waals surface area contributed by atoms with Crippen LogP contribution in [0, 0.1) is 0 Å². The van der Waals surface area contributed by atoms with E-state index in [-0.39, 0.29) is 5.91 Å². The van der Waals surface area contributed by atoms with E-state index in [1.54, 1.807) is 11.9 Å². The van der Waals surface area contributed by atoms with E-state index in [0.29, 0.717) is 6.42 Å². The van der Waals surface area contributed by atoms with Crippen molar-refractivity contribution in [3.05, 3.63) is 53.7 Å². The number of fused-ring (bicyclic) bond motifs is 1. The van der Waals surface area contributed by atoms with E-state index in [1.165, 1.54) is 11.3 Å². The first kappa shape index (κ1) is 15.1. The molecule has 1 saturated heterocycles. The number of amides is 1.